The van der Waals surface area contributed by atoms with E-state index in [1.165, 1.54) is 55.7 Å². The minimum atomic E-state index is 0.387. The Hall–Kier alpha value is -0.830. The average Bonchev–Trinajstić information content (AvgIpc) is 3.23. The van der Waals surface area contributed by atoms with Gasteiger partial charge in [-0.05, 0) is 24.7 Å². The zero-order valence-corrected chi connectivity index (χ0v) is 14.0. The molecular weight excluding hydrogens is 258 g/mol. The highest BCUT2D eigenvalue weighted by molar-refractivity contribution is 5.24. The van der Waals surface area contributed by atoms with Gasteiger partial charge in [-0.3, -0.25) is 0 Å². The second kappa shape index (κ2) is 6.12. The largest absolute Gasteiger partial charge is 0.331 e. The Kier molecular flexibility index (Phi) is 4.39. The molecule has 0 saturated heterocycles. The molecule has 0 bridgehead atoms. The van der Waals surface area contributed by atoms with E-state index in [9.17, 15) is 0 Å². The first-order valence-electron chi connectivity index (χ1n) is 8.89. The summed E-state index contributed by atoms with van der Waals surface area (Å²) >= 11 is 0. The number of unbranched alkanes of at least 4 members (excludes halogenated alkanes) is 2. The van der Waals surface area contributed by atoms with Crippen LogP contribution in [0.15, 0.2) is 0 Å². The number of hydrogen-bond acceptors (Lipinski definition) is 2. The van der Waals surface area contributed by atoms with Gasteiger partial charge < -0.3 is 9.88 Å². The molecule has 2 heterocycles. The monoisotopic (exact) mass is 289 g/mol. The topological polar surface area (TPSA) is 29.9 Å². The third-order valence-corrected chi connectivity index (χ3v) is 5.00. The summed E-state index contributed by atoms with van der Waals surface area (Å²) in [5.74, 6) is 2.15. The van der Waals surface area contributed by atoms with Crippen molar-refractivity contribution in [2.45, 2.75) is 84.7 Å². The fourth-order valence-electron chi connectivity index (χ4n) is 3.58. The smallest absolute Gasteiger partial charge is 0.112 e. The first-order chi connectivity index (χ1) is 10.1. The van der Waals surface area contributed by atoms with E-state index in [1.54, 1.807) is 0 Å². The third kappa shape index (κ3) is 3.50. The summed E-state index contributed by atoms with van der Waals surface area (Å²) in [6.45, 7) is 10.4. The van der Waals surface area contributed by atoms with Crippen molar-refractivity contribution < 1.29 is 0 Å². The Labute approximate surface area is 129 Å². The molecule has 0 amide bonds. The van der Waals surface area contributed by atoms with Gasteiger partial charge in [-0.1, -0.05) is 40.0 Å². The first kappa shape index (κ1) is 15.1. The molecule has 1 aliphatic heterocycles. The van der Waals surface area contributed by atoms with Gasteiger partial charge in [0.05, 0.1) is 5.69 Å². The van der Waals surface area contributed by atoms with Gasteiger partial charge in [0.25, 0.3) is 0 Å². The van der Waals surface area contributed by atoms with Crippen molar-refractivity contribution in [3.05, 3.63) is 17.2 Å². The molecule has 21 heavy (non-hydrogen) atoms. The zero-order chi connectivity index (χ0) is 14.9. The normalized spacial score (nSPS) is 18.8. The number of nitrogens with one attached hydrogen (secondary N) is 1. The molecule has 0 spiro atoms. The lowest BCUT2D eigenvalue weighted by Gasteiger charge is -2.28. The van der Waals surface area contributed by atoms with E-state index in [0.29, 0.717) is 5.41 Å². The highest BCUT2D eigenvalue weighted by Crippen LogP contribution is 2.41. The van der Waals surface area contributed by atoms with Crippen molar-refractivity contribution in [2.24, 2.45) is 5.41 Å². The molecule has 0 unspecified atom stereocenters. The lowest BCUT2D eigenvalue weighted by atomic mass is 9.86. The third-order valence-electron chi connectivity index (χ3n) is 5.00. The molecule has 3 rings (SSSR count). The van der Waals surface area contributed by atoms with Crippen molar-refractivity contribution in [3.63, 3.8) is 0 Å². The summed E-state index contributed by atoms with van der Waals surface area (Å²) in [5, 5.41) is 3.47. The lowest BCUT2D eigenvalue weighted by Crippen LogP contribution is -2.27. The zero-order valence-electron chi connectivity index (χ0n) is 14.0. The van der Waals surface area contributed by atoms with Gasteiger partial charge in [-0.2, -0.15) is 0 Å². The number of imidazole rings is 1. The van der Waals surface area contributed by atoms with Gasteiger partial charge in [0.15, 0.2) is 0 Å². The fourth-order valence-corrected chi connectivity index (χ4v) is 3.58. The molecule has 1 aromatic rings. The Balaban J connectivity index is 1.78. The molecule has 118 valence electrons. The molecule has 1 aliphatic carbocycles. The minimum Gasteiger partial charge on any atom is -0.331 e. The quantitative estimate of drug-likeness (QED) is 0.769. The predicted molar refractivity (Wildman–Crippen MR) is 87.5 cm³/mol. The summed E-state index contributed by atoms with van der Waals surface area (Å²) in [6, 6.07) is 0. The van der Waals surface area contributed by atoms with Crippen LogP contribution < -0.4 is 5.32 Å². The Bertz CT molecular complexity index is 483. The molecule has 3 nitrogen and oxygen atoms in total. The van der Waals surface area contributed by atoms with E-state index < -0.39 is 0 Å². The van der Waals surface area contributed by atoms with E-state index in [0.717, 1.165) is 32.0 Å². The van der Waals surface area contributed by atoms with E-state index in [4.69, 9.17) is 4.98 Å². The van der Waals surface area contributed by atoms with Crippen molar-refractivity contribution in [2.75, 3.05) is 6.54 Å². The standard InChI is InChI=1S/C18H31N3/c1-4-5-6-10-18(2,3)13-21-16-9-11-19-12-15(16)20-17(21)14-7-8-14/h14,19H,4-13H2,1-3H3. The maximum absolute atomic E-state index is 4.99. The van der Waals surface area contributed by atoms with E-state index in [-0.39, 0.29) is 0 Å². The van der Waals surface area contributed by atoms with Gasteiger partial charge in [0.1, 0.15) is 5.82 Å². The molecule has 1 fully saturated rings. The SMILES string of the molecule is CCCCCC(C)(C)Cn1c(C2CC2)nc2c1CCNC2. The van der Waals surface area contributed by atoms with Crippen LogP contribution in [0.3, 0.4) is 0 Å². The van der Waals surface area contributed by atoms with Crippen molar-refractivity contribution in [3.8, 4) is 0 Å². The maximum atomic E-state index is 4.99. The fraction of sp³-hybridized carbons (Fsp3) is 0.833. The number of fused-ring (bicyclic) bond motifs is 1. The average molecular weight is 289 g/mol. The van der Waals surface area contributed by atoms with E-state index in [1.807, 2.05) is 0 Å². The summed E-state index contributed by atoms with van der Waals surface area (Å²) in [7, 11) is 0. The van der Waals surface area contributed by atoms with Gasteiger partial charge in [-0.15, -0.1) is 0 Å². The number of hydrogen-bond donors (Lipinski definition) is 1. The molecule has 1 aromatic heterocycles. The predicted octanol–water partition coefficient (Wildman–Crippen LogP) is 4.01. The van der Waals surface area contributed by atoms with Crippen LogP contribution in [-0.2, 0) is 19.5 Å². The van der Waals surface area contributed by atoms with Crippen molar-refractivity contribution in [1.29, 1.82) is 0 Å². The maximum Gasteiger partial charge on any atom is 0.112 e. The second-order valence-corrected chi connectivity index (χ2v) is 7.77. The van der Waals surface area contributed by atoms with Crippen LogP contribution in [0.1, 0.15) is 82.4 Å². The van der Waals surface area contributed by atoms with Crippen LogP contribution in [0.25, 0.3) is 0 Å². The first-order valence-corrected chi connectivity index (χ1v) is 8.89. The van der Waals surface area contributed by atoms with E-state index in [2.05, 4.69) is 30.7 Å². The number of nitrogens with zero attached hydrogens (tertiary/aromatic N) is 2. The van der Waals surface area contributed by atoms with Crippen LogP contribution in [0.2, 0.25) is 0 Å². The molecule has 0 atom stereocenters. The molecule has 1 N–H and O–H groups in total. The lowest BCUT2D eigenvalue weighted by molar-refractivity contribution is 0.264. The van der Waals surface area contributed by atoms with Crippen LogP contribution in [0.5, 0.6) is 0 Å². The molecular formula is C18H31N3. The summed E-state index contributed by atoms with van der Waals surface area (Å²) < 4.78 is 2.61. The van der Waals surface area contributed by atoms with Gasteiger partial charge in [0.2, 0.25) is 0 Å². The highest BCUT2D eigenvalue weighted by atomic mass is 15.1. The summed E-state index contributed by atoms with van der Waals surface area (Å²) in [6.07, 6.45) is 9.22. The minimum absolute atomic E-state index is 0.387. The van der Waals surface area contributed by atoms with E-state index >= 15 is 0 Å². The van der Waals surface area contributed by atoms with Crippen molar-refractivity contribution in [1.82, 2.24) is 14.9 Å². The number of rotatable bonds is 7. The van der Waals surface area contributed by atoms with Crippen LogP contribution in [0.4, 0.5) is 0 Å². The van der Waals surface area contributed by atoms with Gasteiger partial charge in [0, 0.05) is 37.7 Å². The molecule has 2 aliphatic rings. The van der Waals surface area contributed by atoms with Crippen LogP contribution in [-0.4, -0.2) is 16.1 Å². The molecule has 1 saturated carbocycles. The van der Waals surface area contributed by atoms with Gasteiger partial charge >= 0.3 is 0 Å². The van der Waals surface area contributed by atoms with Crippen LogP contribution >= 0.6 is 0 Å². The Morgan fingerprint density at radius 3 is 2.81 bits per heavy atom. The summed E-state index contributed by atoms with van der Waals surface area (Å²) in [5.41, 5.74) is 3.24. The molecule has 3 heteroatoms. The Morgan fingerprint density at radius 1 is 1.29 bits per heavy atom. The summed E-state index contributed by atoms with van der Waals surface area (Å²) in [4.78, 5) is 4.99. The van der Waals surface area contributed by atoms with Crippen molar-refractivity contribution >= 4 is 0 Å². The molecule has 0 radical (unpaired) electrons. The number of aromatic nitrogens is 2. The second-order valence-electron chi connectivity index (χ2n) is 7.77. The van der Waals surface area contributed by atoms with Gasteiger partial charge in [-0.25, -0.2) is 4.98 Å². The Morgan fingerprint density at radius 2 is 2.10 bits per heavy atom. The highest BCUT2D eigenvalue weighted by Gasteiger charge is 2.33. The molecule has 0 aromatic carbocycles. The van der Waals surface area contributed by atoms with Crippen LogP contribution in [0, 0.1) is 5.41 Å².